The summed E-state index contributed by atoms with van der Waals surface area (Å²) in [4.78, 5) is 0. The smallest absolute Gasteiger partial charge is 0.200 e. The lowest BCUT2D eigenvalue weighted by molar-refractivity contribution is 0.376. The minimum absolute atomic E-state index is 0.0371. The van der Waals surface area contributed by atoms with Gasteiger partial charge in [-0.2, -0.15) is 0 Å². The summed E-state index contributed by atoms with van der Waals surface area (Å²) in [5, 5.41) is -0.790. The second kappa shape index (κ2) is 7.62. The molecule has 1 aromatic rings. The second-order valence-corrected chi connectivity index (χ2v) is 16.2. The van der Waals surface area contributed by atoms with Gasteiger partial charge in [-0.25, -0.2) is 22.0 Å². The Labute approximate surface area is 176 Å². The van der Waals surface area contributed by atoms with Crippen molar-refractivity contribution in [3.05, 3.63) is 52.5 Å². The Morgan fingerprint density at radius 1 is 0.667 bits per heavy atom. The highest BCUT2D eigenvalue weighted by atomic mass is 31.2. The first-order chi connectivity index (χ1) is 13.4. The molecule has 30 heavy (non-hydrogen) atoms. The zero-order valence-corrected chi connectivity index (χ0v) is 20.0. The Morgan fingerprint density at radius 2 is 1.03 bits per heavy atom. The summed E-state index contributed by atoms with van der Waals surface area (Å²) >= 11 is 0. The van der Waals surface area contributed by atoms with Gasteiger partial charge >= 0.3 is 0 Å². The predicted molar refractivity (Wildman–Crippen MR) is 116 cm³/mol. The molecule has 1 aromatic carbocycles. The van der Waals surface area contributed by atoms with E-state index in [-0.39, 0.29) is 27.5 Å². The monoisotopic (exact) mass is 447 g/mol. The molecule has 0 saturated carbocycles. The lowest BCUT2D eigenvalue weighted by Gasteiger charge is -2.54. The van der Waals surface area contributed by atoms with Gasteiger partial charge < -0.3 is 0 Å². The fourth-order valence-corrected chi connectivity index (χ4v) is 12.8. The maximum atomic E-state index is 14.5. The van der Waals surface area contributed by atoms with Crippen LogP contribution in [0.2, 0.25) is 0 Å². The maximum Gasteiger partial charge on any atom is 0.200 e. The largest absolute Gasteiger partial charge is 0.269 e. The molecule has 0 radical (unpaired) electrons. The van der Waals surface area contributed by atoms with Crippen LogP contribution in [0.15, 0.2) is 22.6 Å². The van der Waals surface area contributed by atoms with Gasteiger partial charge in [0.15, 0.2) is 23.3 Å². The fraction of sp³-hybridized carbons (Fsp3) is 0.565. The van der Waals surface area contributed by atoms with Gasteiger partial charge in [0, 0.05) is 12.0 Å². The van der Waals surface area contributed by atoms with Crippen LogP contribution in [0.25, 0.3) is 5.57 Å². The van der Waals surface area contributed by atoms with E-state index in [1.54, 1.807) is 6.08 Å². The van der Waals surface area contributed by atoms with Crippen molar-refractivity contribution in [2.75, 3.05) is 0 Å². The van der Waals surface area contributed by atoms with Crippen molar-refractivity contribution >= 4 is 12.6 Å². The second-order valence-electron chi connectivity index (χ2n) is 10.7. The summed E-state index contributed by atoms with van der Waals surface area (Å²) in [6, 6.07) is 0. The highest BCUT2D eigenvalue weighted by Gasteiger charge is 2.51. The van der Waals surface area contributed by atoms with E-state index in [4.69, 9.17) is 4.74 Å². The van der Waals surface area contributed by atoms with E-state index >= 15 is 0 Å². The lowest BCUT2D eigenvalue weighted by atomic mass is 10.0. The Kier molecular flexibility index (Phi) is 6.31. The number of nitrogens with zero attached hydrogens (tertiary/aromatic N) is 1. The van der Waals surface area contributed by atoms with E-state index in [1.807, 2.05) is 0 Å². The number of allylic oxidation sites excluding steroid dienone is 3. The van der Waals surface area contributed by atoms with Gasteiger partial charge in [0.25, 0.3) is 0 Å². The SMILES string of the molecule is CC(C)(C)P(=NC1=C(c2c(F)c(F)c(F)c(F)c2F)C=CC1)(C(C)(C)C)C(C)(C)C. The van der Waals surface area contributed by atoms with Gasteiger partial charge in [0.2, 0.25) is 5.82 Å². The zero-order valence-electron chi connectivity index (χ0n) is 19.1. The predicted octanol–water partition coefficient (Wildman–Crippen LogP) is 8.65. The molecule has 0 spiro atoms. The fourth-order valence-electron chi connectivity index (χ4n) is 5.31. The van der Waals surface area contributed by atoms with Crippen molar-refractivity contribution in [3.63, 3.8) is 0 Å². The molecule has 0 bridgehead atoms. The molecule has 7 heteroatoms. The van der Waals surface area contributed by atoms with Crippen molar-refractivity contribution in [2.24, 2.45) is 4.74 Å². The molecular formula is C23H31F5NP. The van der Waals surface area contributed by atoms with Gasteiger partial charge in [-0.15, -0.1) is 0 Å². The summed E-state index contributed by atoms with van der Waals surface area (Å²) in [7, 11) is -2.30. The van der Waals surface area contributed by atoms with E-state index in [9.17, 15) is 22.0 Å². The van der Waals surface area contributed by atoms with Crippen LogP contribution in [0.5, 0.6) is 0 Å². The van der Waals surface area contributed by atoms with Crippen LogP contribution in [0.4, 0.5) is 22.0 Å². The first-order valence-electron chi connectivity index (χ1n) is 9.92. The zero-order chi connectivity index (χ0) is 23.4. The van der Waals surface area contributed by atoms with Gasteiger partial charge in [0.1, 0.15) is 0 Å². The van der Waals surface area contributed by atoms with Gasteiger partial charge in [-0.05, 0) is 22.5 Å². The van der Waals surface area contributed by atoms with E-state index in [1.165, 1.54) is 6.08 Å². The molecule has 0 saturated heterocycles. The summed E-state index contributed by atoms with van der Waals surface area (Å²) in [6.45, 7) is 18.9. The molecule has 0 aliphatic heterocycles. The number of hydrogen-bond donors (Lipinski definition) is 0. The summed E-state index contributed by atoms with van der Waals surface area (Å²) in [5.41, 5.74) is -0.579. The molecule has 1 aliphatic rings. The van der Waals surface area contributed by atoms with Gasteiger partial charge in [-0.3, -0.25) is 4.74 Å². The minimum Gasteiger partial charge on any atom is -0.269 e. The van der Waals surface area contributed by atoms with Gasteiger partial charge in [0.05, 0.1) is 11.3 Å². The van der Waals surface area contributed by atoms with Crippen LogP contribution in [-0.2, 0) is 0 Å². The number of benzene rings is 1. The van der Waals surface area contributed by atoms with E-state index in [0.717, 1.165) is 0 Å². The first kappa shape index (κ1) is 24.8. The topological polar surface area (TPSA) is 12.4 Å². The normalized spacial score (nSPS) is 15.9. The molecule has 168 valence electrons. The molecule has 0 atom stereocenters. The van der Waals surface area contributed by atoms with Gasteiger partial charge in [-0.1, -0.05) is 74.5 Å². The summed E-state index contributed by atoms with van der Waals surface area (Å²) in [5.74, 6) is -9.70. The molecular weight excluding hydrogens is 416 g/mol. The Bertz CT molecular complexity index is 911. The third-order valence-electron chi connectivity index (χ3n) is 5.57. The van der Waals surface area contributed by atoms with E-state index < -0.39 is 41.7 Å². The highest BCUT2D eigenvalue weighted by Crippen LogP contribution is 2.77. The Balaban J connectivity index is 3.02. The van der Waals surface area contributed by atoms with Crippen molar-refractivity contribution in [3.8, 4) is 0 Å². The van der Waals surface area contributed by atoms with Crippen molar-refractivity contribution < 1.29 is 22.0 Å². The molecule has 2 rings (SSSR count). The van der Waals surface area contributed by atoms with E-state index in [0.29, 0.717) is 5.70 Å². The molecule has 1 nitrogen and oxygen atoms in total. The maximum absolute atomic E-state index is 14.5. The third kappa shape index (κ3) is 3.70. The van der Waals surface area contributed by atoms with Crippen molar-refractivity contribution in [2.45, 2.75) is 84.2 Å². The standard InChI is InChI=1S/C23H31F5NP/c1-21(2,3)30(22(4,5)6,23(7,8)9)29-14-12-10-11-13(14)15-16(24)18(26)20(28)19(27)17(15)25/h10-11H,12H2,1-9H3. The van der Waals surface area contributed by atoms with Crippen molar-refractivity contribution in [1.82, 2.24) is 0 Å². The molecule has 0 fully saturated rings. The highest BCUT2D eigenvalue weighted by molar-refractivity contribution is 7.70. The van der Waals surface area contributed by atoms with Crippen LogP contribution in [0.1, 0.15) is 74.3 Å². The van der Waals surface area contributed by atoms with Crippen LogP contribution in [0.3, 0.4) is 0 Å². The molecule has 0 aromatic heterocycles. The third-order valence-corrected chi connectivity index (χ3v) is 11.9. The lowest BCUT2D eigenvalue weighted by Crippen LogP contribution is -2.39. The number of rotatable bonds is 2. The molecule has 1 aliphatic carbocycles. The van der Waals surface area contributed by atoms with Crippen LogP contribution >= 0.6 is 7.05 Å². The van der Waals surface area contributed by atoms with Crippen LogP contribution < -0.4 is 0 Å². The quantitative estimate of drug-likeness (QED) is 0.186. The molecule has 0 amide bonds. The first-order valence-corrected chi connectivity index (χ1v) is 11.7. The number of halogens is 5. The molecule has 0 heterocycles. The average Bonchev–Trinajstić information content (AvgIpc) is 3.00. The van der Waals surface area contributed by atoms with Crippen molar-refractivity contribution in [1.29, 1.82) is 0 Å². The Morgan fingerprint density at radius 3 is 1.40 bits per heavy atom. The van der Waals surface area contributed by atoms with E-state index in [2.05, 4.69) is 62.3 Å². The minimum atomic E-state index is -2.30. The molecule has 0 N–H and O–H groups in total. The summed E-state index contributed by atoms with van der Waals surface area (Å²) in [6.07, 6.45) is 3.33. The summed E-state index contributed by atoms with van der Waals surface area (Å²) < 4.78 is 75.5. The Hall–Kier alpha value is -1.42. The molecule has 0 unspecified atom stereocenters. The van der Waals surface area contributed by atoms with Crippen LogP contribution in [0, 0.1) is 29.1 Å². The van der Waals surface area contributed by atoms with Crippen LogP contribution in [-0.4, -0.2) is 15.5 Å². The number of hydrogen-bond acceptors (Lipinski definition) is 1. The average molecular weight is 447 g/mol.